The maximum Gasteiger partial charge on any atom is 0.225 e. The summed E-state index contributed by atoms with van der Waals surface area (Å²) in [4.78, 5) is 7.44. The lowest BCUT2D eigenvalue weighted by molar-refractivity contribution is 0.0223. The van der Waals surface area contributed by atoms with Crippen molar-refractivity contribution in [3.05, 3.63) is 17.0 Å². The van der Waals surface area contributed by atoms with Crippen LogP contribution < -0.4 is 10.5 Å². The second-order valence-corrected chi connectivity index (χ2v) is 3.19. The van der Waals surface area contributed by atoms with E-state index in [1.54, 1.807) is 0 Å². The number of aliphatic hydroxyl groups excluding tert-OH is 2. The zero-order chi connectivity index (χ0) is 11.4. The third kappa shape index (κ3) is 2.75. The van der Waals surface area contributed by atoms with Crippen LogP contribution in [-0.4, -0.2) is 39.9 Å². The zero-order valence-corrected chi connectivity index (χ0v) is 8.85. The van der Waals surface area contributed by atoms with Gasteiger partial charge in [0.25, 0.3) is 0 Å². The predicted octanol–water partition coefficient (Wildman–Crippen LogP) is -0.508. The highest BCUT2D eigenvalue weighted by atomic mass is 35.5. The van der Waals surface area contributed by atoms with Gasteiger partial charge in [-0.05, 0) is 11.6 Å². The molecule has 0 aromatic carbocycles. The number of hydrogen-bond donors (Lipinski definition) is 3. The van der Waals surface area contributed by atoms with Crippen LogP contribution in [0.5, 0.6) is 5.88 Å². The Morgan fingerprint density at radius 3 is 2.80 bits per heavy atom. The third-order valence-electron chi connectivity index (χ3n) is 1.87. The number of methoxy groups -OCH3 is 1. The molecule has 15 heavy (non-hydrogen) atoms. The molecular weight excluding hydrogens is 222 g/mol. The topological polar surface area (TPSA) is 101 Å². The fourth-order valence-electron chi connectivity index (χ4n) is 1.06. The second-order valence-electron chi connectivity index (χ2n) is 2.85. The van der Waals surface area contributed by atoms with Crippen LogP contribution in [0.25, 0.3) is 0 Å². The van der Waals surface area contributed by atoms with Gasteiger partial charge < -0.3 is 20.7 Å². The van der Waals surface area contributed by atoms with Crippen LogP contribution >= 0.6 is 11.6 Å². The number of hydrogen-bond acceptors (Lipinski definition) is 6. The lowest BCUT2D eigenvalue weighted by Gasteiger charge is -2.17. The van der Waals surface area contributed by atoms with Crippen molar-refractivity contribution in [3.63, 3.8) is 0 Å². The van der Waals surface area contributed by atoms with Gasteiger partial charge in [0.2, 0.25) is 11.2 Å². The fourth-order valence-corrected chi connectivity index (χ4v) is 1.18. The SMILES string of the molecule is COc1nc(Cl)ncc1C(O)C(O)CN. The van der Waals surface area contributed by atoms with Gasteiger partial charge in [-0.15, -0.1) is 0 Å². The number of ether oxygens (including phenoxy) is 1. The summed E-state index contributed by atoms with van der Waals surface area (Å²) in [6.07, 6.45) is -0.997. The van der Waals surface area contributed by atoms with E-state index in [9.17, 15) is 10.2 Å². The average molecular weight is 234 g/mol. The minimum absolute atomic E-state index is 0.00467. The summed E-state index contributed by atoms with van der Waals surface area (Å²) in [6.45, 7) is -0.0764. The van der Waals surface area contributed by atoms with E-state index in [0.717, 1.165) is 0 Å². The van der Waals surface area contributed by atoms with Crippen LogP contribution in [0.15, 0.2) is 6.20 Å². The molecule has 2 atom stereocenters. The van der Waals surface area contributed by atoms with Gasteiger partial charge in [0, 0.05) is 12.7 Å². The summed E-state index contributed by atoms with van der Waals surface area (Å²) in [6, 6.07) is 0. The predicted molar refractivity (Wildman–Crippen MR) is 53.6 cm³/mol. The van der Waals surface area contributed by atoms with Gasteiger partial charge in [0.15, 0.2) is 0 Å². The number of rotatable bonds is 4. The summed E-state index contributed by atoms with van der Waals surface area (Å²) in [5.41, 5.74) is 5.46. The van der Waals surface area contributed by atoms with Crippen LogP contribution in [0.2, 0.25) is 5.28 Å². The van der Waals surface area contributed by atoms with Crippen molar-refractivity contribution in [1.29, 1.82) is 0 Å². The maximum absolute atomic E-state index is 9.66. The quantitative estimate of drug-likeness (QED) is 0.606. The van der Waals surface area contributed by atoms with Gasteiger partial charge in [-0.3, -0.25) is 0 Å². The molecule has 0 aliphatic carbocycles. The standard InChI is InChI=1S/C8H12ClN3O3/c1-15-7-4(3-11-8(9)12-7)6(14)5(13)2-10/h3,5-6,13-14H,2,10H2,1H3. The molecule has 1 aromatic rings. The van der Waals surface area contributed by atoms with Crippen LogP contribution in [0, 0.1) is 0 Å². The van der Waals surface area contributed by atoms with Gasteiger partial charge >= 0.3 is 0 Å². The Balaban J connectivity index is 3.02. The van der Waals surface area contributed by atoms with E-state index in [4.69, 9.17) is 22.1 Å². The molecular formula is C8H12ClN3O3. The molecule has 0 radical (unpaired) electrons. The number of nitrogens with zero attached hydrogens (tertiary/aromatic N) is 2. The monoisotopic (exact) mass is 233 g/mol. The molecule has 0 fully saturated rings. The Morgan fingerprint density at radius 1 is 1.60 bits per heavy atom. The van der Waals surface area contributed by atoms with Crippen LogP contribution in [0.3, 0.4) is 0 Å². The molecule has 0 aliphatic heterocycles. The van der Waals surface area contributed by atoms with Gasteiger partial charge in [0.1, 0.15) is 6.10 Å². The summed E-state index contributed by atoms with van der Waals surface area (Å²) in [5.74, 6) is 0.120. The van der Waals surface area contributed by atoms with E-state index < -0.39 is 12.2 Å². The van der Waals surface area contributed by atoms with Gasteiger partial charge in [-0.25, -0.2) is 4.98 Å². The summed E-state index contributed by atoms with van der Waals surface area (Å²) < 4.78 is 4.89. The molecule has 2 unspecified atom stereocenters. The summed E-state index contributed by atoms with van der Waals surface area (Å²) >= 11 is 5.54. The molecule has 1 rings (SSSR count). The lowest BCUT2D eigenvalue weighted by atomic mass is 10.1. The van der Waals surface area contributed by atoms with Crippen molar-refractivity contribution in [1.82, 2.24) is 9.97 Å². The van der Waals surface area contributed by atoms with E-state index in [2.05, 4.69) is 9.97 Å². The smallest absolute Gasteiger partial charge is 0.225 e. The molecule has 0 spiro atoms. The van der Waals surface area contributed by atoms with Gasteiger partial charge in [0.05, 0.1) is 18.8 Å². The number of nitrogens with two attached hydrogens (primary N) is 1. The Kier molecular flexibility index (Phi) is 4.22. The summed E-state index contributed by atoms with van der Waals surface area (Å²) in [5, 5.41) is 19.0. The number of halogens is 1. The Labute approximate surface area is 91.7 Å². The van der Waals surface area contributed by atoms with Crippen molar-refractivity contribution in [2.45, 2.75) is 12.2 Å². The minimum Gasteiger partial charge on any atom is -0.481 e. The molecule has 0 aliphatic rings. The Hall–Kier alpha value is -0.950. The first-order chi connectivity index (χ1) is 7.10. The summed E-state index contributed by atoms with van der Waals surface area (Å²) in [7, 11) is 1.38. The lowest BCUT2D eigenvalue weighted by Crippen LogP contribution is -2.27. The van der Waals surface area contributed by atoms with E-state index in [-0.39, 0.29) is 23.3 Å². The van der Waals surface area contributed by atoms with E-state index >= 15 is 0 Å². The highest BCUT2D eigenvalue weighted by Gasteiger charge is 2.22. The van der Waals surface area contributed by atoms with Crippen molar-refractivity contribution < 1.29 is 14.9 Å². The zero-order valence-electron chi connectivity index (χ0n) is 8.09. The molecule has 0 amide bonds. The highest BCUT2D eigenvalue weighted by molar-refractivity contribution is 6.28. The fraction of sp³-hybridized carbons (Fsp3) is 0.500. The van der Waals surface area contributed by atoms with Gasteiger partial charge in [-0.1, -0.05) is 0 Å². The van der Waals surface area contributed by atoms with E-state index in [1.807, 2.05) is 0 Å². The van der Waals surface area contributed by atoms with Crippen molar-refractivity contribution in [2.75, 3.05) is 13.7 Å². The maximum atomic E-state index is 9.66. The number of aliphatic hydroxyl groups is 2. The van der Waals surface area contributed by atoms with Crippen LogP contribution in [0.1, 0.15) is 11.7 Å². The molecule has 0 saturated carbocycles. The molecule has 0 bridgehead atoms. The Morgan fingerprint density at radius 2 is 2.27 bits per heavy atom. The first kappa shape index (κ1) is 12.1. The molecule has 6 nitrogen and oxygen atoms in total. The van der Waals surface area contributed by atoms with Gasteiger partial charge in [-0.2, -0.15) is 4.98 Å². The molecule has 84 valence electrons. The van der Waals surface area contributed by atoms with Crippen molar-refractivity contribution in [2.24, 2.45) is 5.73 Å². The largest absolute Gasteiger partial charge is 0.481 e. The van der Waals surface area contributed by atoms with Crippen LogP contribution in [0.4, 0.5) is 0 Å². The van der Waals surface area contributed by atoms with Crippen molar-refractivity contribution in [3.8, 4) is 5.88 Å². The highest BCUT2D eigenvalue weighted by Crippen LogP contribution is 2.25. The molecule has 7 heteroatoms. The molecule has 1 heterocycles. The van der Waals surface area contributed by atoms with E-state index in [0.29, 0.717) is 0 Å². The minimum atomic E-state index is -1.19. The molecule has 0 saturated heterocycles. The van der Waals surface area contributed by atoms with Crippen LogP contribution in [-0.2, 0) is 0 Å². The first-order valence-electron chi connectivity index (χ1n) is 4.22. The first-order valence-corrected chi connectivity index (χ1v) is 4.60. The normalized spacial score (nSPS) is 14.7. The Bertz CT molecular complexity index is 337. The van der Waals surface area contributed by atoms with Crippen molar-refractivity contribution >= 4 is 11.6 Å². The molecule has 4 N–H and O–H groups in total. The number of aromatic nitrogens is 2. The average Bonchev–Trinajstić information content (AvgIpc) is 2.26. The third-order valence-corrected chi connectivity index (χ3v) is 2.05. The molecule has 1 aromatic heterocycles. The second kappa shape index (κ2) is 5.22. The van der Waals surface area contributed by atoms with E-state index in [1.165, 1.54) is 13.3 Å².